The number of fused-ring (bicyclic) bond motifs is 2. The Bertz CT molecular complexity index is 935. The van der Waals surface area contributed by atoms with Gasteiger partial charge in [-0.05, 0) is 73.9 Å². The molecule has 2 aromatic rings. The average molecular weight is 410 g/mol. The maximum absolute atomic E-state index is 13.3. The van der Waals surface area contributed by atoms with Gasteiger partial charge in [0.05, 0.1) is 12.1 Å². The number of carbonyl (C=O) groups excluding carboxylic acids is 1. The molecule has 6 atom stereocenters. The van der Waals surface area contributed by atoms with Crippen LogP contribution in [-0.4, -0.2) is 34.5 Å². The molecule has 7 heteroatoms. The van der Waals surface area contributed by atoms with Crippen LogP contribution in [0, 0.1) is 24.6 Å². The average Bonchev–Trinajstić information content (AvgIpc) is 3.14. The number of nitrogens with zero attached hydrogens (tertiary/aromatic N) is 2. The van der Waals surface area contributed by atoms with Crippen molar-refractivity contribution in [2.45, 2.75) is 50.9 Å². The molecule has 3 heterocycles. The minimum Gasteiger partial charge on any atom is -0.335 e. The number of hydrogen-bond acceptors (Lipinski definition) is 4. The first-order chi connectivity index (χ1) is 14.5. The van der Waals surface area contributed by atoms with Crippen LogP contribution in [-0.2, 0) is 0 Å². The lowest BCUT2D eigenvalue weighted by molar-refractivity contribution is 0.0835. The summed E-state index contributed by atoms with van der Waals surface area (Å²) in [6, 6.07) is 11.3. The van der Waals surface area contributed by atoms with E-state index in [1.54, 1.807) is 12.1 Å². The number of hydrazine groups is 1. The predicted octanol–water partition coefficient (Wildman–Crippen LogP) is 3.23. The molecule has 3 fully saturated rings. The Hall–Kier alpha value is -2.51. The normalized spacial score (nSPS) is 31.6. The van der Waals surface area contributed by atoms with Crippen molar-refractivity contribution in [3.8, 4) is 0 Å². The highest BCUT2D eigenvalue weighted by Gasteiger charge is 2.48. The van der Waals surface area contributed by atoms with Gasteiger partial charge in [0.15, 0.2) is 0 Å². The zero-order valence-corrected chi connectivity index (χ0v) is 17.3. The maximum Gasteiger partial charge on any atom is 0.318 e. The number of carbonyl (C=O) groups is 1. The molecule has 30 heavy (non-hydrogen) atoms. The van der Waals surface area contributed by atoms with Crippen molar-refractivity contribution >= 4 is 6.03 Å². The first-order valence-corrected chi connectivity index (χ1v) is 10.8. The summed E-state index contributed by atoms with van der Waals surface area (Å²) in [5.74, 6) is 0.594. The molecule has 2 aliphatic heterocycles. The Labute approximate surface area is 176 Å². The van der Waals surface area contributed by atoms with Gasteiger partial charge in [-0.25, -0.2) is 14.6 Å². The van der Waals surface area contributed by atoms with Crippen LogP contribution < -0.4 is 16.2 Å². The molecule has 2 amide bonds. The van der Waals surface area contributed by atoms with E-state index in [2.05, 4.69) is 33.3 Å². The van der Waals surface area contributed by atoms with E-state index in [4.69, 9.17) is 0 Å². The van der Waals surface area contributed by atoms with E-state index in [1.807, 2.05) is 24.9 Å². The monoisotopic (exact) mass is 409 g/mol. The smallest absolute Gasteiger partial charge is 0.318 e. The van der Waals surface area contributed by atoms with Crippen molar-refractivity contribution < 1.29 is 9.18 Å². The zero-order valence-electron chi connectivity index (χ0n) is 17.3. The van der Waals surface area contributed by atoms with Gasteiger partial charge >= 0.3 is 6.03 Å². The van der Waals surface area contributed by atoms with Gasteiger partial charge in [0.25, 0.3) is 0 Å². The topological polar surface area (TPSA) is 69.3 Å². The van der Waals surface area contributed by atoms with Gasteiger partial charge in [-0.3, -0.25) is 10.4 Å². The molecule has 3 N–H and O–H groups in total. The molecule has 3 aliphatic rings. The second-order valence-electron chi connectivity index (χ2n) is 8.93. The highest BCUT2D eigenvalue weighted by Crippen LogP contribution is 2.42. The highest BCUT2D eigenvalue weighted by molar-refractivity contribution is 5.76. The second-order valence-corrected chi connectivity index (χ2v) is 8.93. The third-order valence-electron chi connectivity index (χ3n) is 7.12. The van der Waals surface area contributed by atoms with Crippen molar-refractivity contribution in [3.63, 3.8) is 0 Å². The molecule has 2 saturated heterocycles. The molecule has 6 nitrogen and oxygen atoms in total. The summed E-state index contributed by atoms with van der Waals surface area (Å²) < 4.78 is 13.3. The predicted molar refractivity (Wildman–Crippen MR) is 112 cm³/mol. The van der Waals surface area contributed by atoms with E-state index in [9.17, 15) is 9.18 Å². The summed E-state index contributed by atoms with van der Waals surface area (Å²) in [4.78, 5) is 19.1. The van der Waals surface area contributed by atoms with Crippen LogP contribution in [0.5, 0.6) is 0 Å². The van der Waals surface area contributed by atoms with Crippen LogP contribution in [0.2, 0.25) is 0 Å². The largest absolute Gasteiger partial charge is 0.335 e. The summed E-state index contributed by atoms with van der Waals surface area (Å²) in [5.41, 5.74) is 10.2. The maximum atomic E-state index is 13.3. The molecule has 1 saturated carbocycles. The lowest BCUT2D eigenvalue weighted by Gasteiger charge is -2.47. The third-order valence-corrected chi connectivity index (χ3v) is 7.12. The number of pyridine rings is 1. The summed E-state index contributed by atoms with van der Waals surface area (Å²) in [6.07, 6.45) is 3.83. The van der Waals surface area contributed by atoms with Crippen LogP contribution in [0.15, 0.2) is 42.6 Å². The number of aryl methyl sites for hydroxylation is 1. The SMILES string of the molecule is Cc1cc(C2NNC3CC4NC(=O)N([C@H](C)c5ccc(F)cc5)CC4CC32)ccn1. The van der Waals surface area contributed by atoms with Crippen LogP contribution in [0.4, 0.5) is 9.18 Å². The van der Waals surface area contributed by atoms with Crippen LogP contribution in [0.25, 0.3) is 0 Å². The summed E-state index contributed by atoms with van der Waals surface area (Å²) >= 11 is 0. The van der Waals surface area contributed by atoms with Crippen molar-refractivity contribution in [2.75, 3.05) is 6.54 Å². The molecule has 1 aromatic heterocycles. The molecule has 0 spiro atoms. The Balaban J connectivity index is 1.33. The Morgan fingerprint density at radius 2 is 1.93 bits per heavy atom. The number of amides is 2. The van der Waals surface area contributed by atoms with Gasteiger partial charge in [0, 0.05) is 30.5 Å². The van der Waals surface area contributed by atoms with Crippen molar-refractivity contribution in [1.82, 2.24) is 26.1 Å². The Kier molecular flexibility index (Phi) is 4.95. The van der Waals surface area contributed by atoms with Crippen LogP contribution in [0.3, 0.4) is 0 Å². The van der Waals surface area contributed by atoms with E-state index in [0.29, 0.717) is 17.9 Å². The minimum atomic E-state index is -0.258. The van der Waals surface area contributed by atoms with Crippen molar-refractivity contribution in [1.29, 1.82) is 0 Å². The second kappa shape index (κ2) is 7.63. The fourth-order valence-electron chi connectivity index (χ4n) is 5.46. The van der Waals surface area contributed by atoms with E-state index in [-0.39, 0.29) is 30.0 Å². The number of urea groups is 1. The first kappa shape index (κ1) is 19.5. The van der Waals surface area contributed by atoms with Crippen LogP contribution >= 0.6 is 0 Å². The number of rotatable bonds is 3. The Morgan fingerprint density at radius 3 is 2.70 bits per heavy atom. The summed E-state index contributed by atoms with van der Waals surface area (Å²) in [6.45, 7) is 4.76. The molecular formula is C23H28FN5O. The third kappa shape index (κ3) is 3.46. The lowest BCUT2D eigenvalue weighted by atomic mass is 9.71. The van der Waals surface area contributed by atoms with Gasteiger partial charge in [-0.2, -0.15) is 0 Å². The van der Waals surface area contributed by atoms with Gasteiger partial charge in [-0.1, -0.05) is 12.1 Å². The van der Waals surface area contributed by atoms with Gasteiger partial charge in [-0.15, -0.1) is 0 Å². The highest BCUT2D eigenvalue weighted by atomic mass is 19.1. The summed E-state index contributed by atoms with van der Waals surface area (Å²) in [5, 5.41) is 3.24. The Morgan fingerprint density at radius 1 is 1.13 bits per heavy atom. The number of hydrogen-bond donors (Lipinski definition) is 3. The molecule has 158 valence electrons. The minimum absolute atomic E-state index is 0.0289. The fourth-order valence-corrected chi connectivity index (χ4v) is 5.46. The standard InChI is InChI=1S/C23H28FN5O/c1-13-9-16(7-8-25-13)22-19-10-17-12-29(14(2)15-3-5-18(24)6-4-15)23(30)26-20(17)11-21(19)27-28-22/h3-9,14,17,19-22,27-28H,10-12H2,1-2H3,(H,26,30)/t14-,17?,19?,20?,21?,22?/m1/s1. The molecule has 5 unspecified atom stereocenters. The zero-order chi connectivity index (χ0) is 20.8. The number of benzene rings is 1. The van der Waals surface area contributed by atoms with E-state index < -0.39 is 0 Å². The molecule has 5 rings (SSSR count). The first-order valence-electron chi connectivity index (χ1n) is 10.8. The van der Waals surface area contributed by atoms with Gasteiger partial charge in [0.1, 0.15) is 5.82 Å². The molecule has 1 aromatic carbocycles. The van der Waals surface area contributed by atoms with Crippen molar-refractivity contribution in [2.24, 2.45) is 11.8 Å². The van der Waals surface area contributed by atoms with E-state index in [1.165, 1.54) is 17.7 Å². The van der Waals surface area contributed by atoms with Gasteiger partial charge < -0.3 is 10.2 Å². The molecular weight excluding hydrogens is 381 g/mol. The van der Waals surface area contributed by atoms with Crippen LogP contribution in [0.1, 0.15) is 48.7 Å². The molecule has 0 radical (unpaired) electrons. The summed E-state index contributed by atoms with van der Waals surface area (Å²) in [7, 11) is 0. The lowest BCUT2D eigenvalue weighted by Crippen LogP contribution is -2.61. The number of aromatic nitrogens is 1. The van der Waals surface area contributed by atoms with E-state index in [0.717, 1.165) is 30.6 Å². The van der Waals surface area contributed by atoms with Gasteiger partial charge in [0.2, 0.25) is 0 Å². The fraction of sp³-hybridized carbons (Fsp3) is 0.478. The molecule has 1 aliphatic carbocycles. The number of halogens is 1. The number of nitrogens with one attached hydrogen (secondary N) is 3. The molecule has 0 bridgehead atoms. The van der Waals surface area contributed by atoms with Crippen molar-refractivity contribution in [3.05, 3.63) is 65.2 Å². The van der Waals surface area contributed by atoms with E-state index >= 15 is 0 Å². The quantitative estimate of drug-likeness (QED) is 0.728.